The summed E-state index contributed by atoms with van der Waals surface area (Å²) in [5.41, 5.74) is -0.176. The number of alkyl halides is 2. The van der Waals surface area contributed by atoms with Gasteiger partial charge < -0.3 is 5.11 Å². The lowest BCUT2D eigenvalue weighted by atomic mass is 9.77. The second-order valence-corrected chi connectivity index (χ2v) is 5.80. The first-order valence-corrected chi connectivity index (χ1v) is 7.01. The topological polar surface area (TPSA) is 33.1 Å². The molecule has 19 heavy (non-hydrogen) atoms. The summed E-state index contributed by atoms with van der Waals surface area (Å²) < 4.78 is 28.9. The number of hydrogen-bond donors (Lipinski definition) is 1. The van der Waals surface area contributed by atoms with Crippen molar-refractivity contribution in [3.05, 3.63) is 28.0 Å². The summed E-state index contributed by atoms with van der Waals surface area (Å²) in [6.45, 7) is 0.0746. The molecule has 1 aliphatic carbocycles. The highest BCUT2D eigenvalue weighted by molar-refractivity contribution is 6.32. The Bertz CT molecular complexity index is 428. The zero-order valence-electron chi connectivity index (χ0n) is 10.3. The molecule has 0 aromatic carbocycles. The molecule has 0 bridgehead atoms. The molecule has 1 heterocycles. The second kappa shape index (κ2) is 5.90. The van der Waals surface area contributed by atoms with Gasteiger partial charge in [-0.25, -0.2) is 13.8 Å². The maximum atomic E-state index is 14.4. The summed E-state index contributed by atoms with van der Waals surface area (Å²) in [6, 6.07) is 2.34. The second-order valence-electron chi connectivity index (χ2n) is 5.02. The Kier molecular flexibility index (Phi) is 4.64. The normalized spacial score (nSPS) is 24.5. The van der Waals surface area contributed by atoms with E-state index in [-0.39, 0.29) is 28.4 Å². The number of halogens is 4. The molecule has 1 aromatic heterocycles. The van der Waals surface area contributed by atoms with Crippen LogP contribution >= 0.6 is 23.2 Å². The minimum absolute atomic E-state index is 0.0220. The molecule has 0 aliphatic heterocycles. The molecule has 0 amide bonds. The molecule has 0 radical (unpaired) electrons. The highest BCUT2D eigenvalue weighted by atomic mass is 35.5. The van der Waals surface area contributed by atoms with Crippen LogP contribution in [0.3, 0.4) is 0 Å². The van der Waals surface area contributed by atoms with Gasteiger partial charge in [-0.2, -0.15) is 0 Å². The maximum absolute atomic E-state index is 14.4. The predicted molar refractivity (Wildman–Crippen MR) is 70.7 cm³/mol. The van der Waals surface area contributed by atoms with Gasteiger partial charge in [0.25, 0.3) is 5.92 Å². The summed E-state index contributed by atoms with van der Waals surface area (Å²) in [6.07, 6.45) is 2.05. The van der Waals surface area contributed by atoms with E-state index in [9.17, 15) is 8.78 Å². The van der Waals surface area contributed by atoms with Gasteiger partial charge >= 0.3 is 0 Å². The lowest BCUT2D eigenvalue weighted by Gasteiger charge is -2.33. The van der Waals surface area contributed by atoms with Crippen LogP contribution in [0.25, 0.3) is 0 Å². The van der Waals surface area contributed by atoms with Gasteiger partial charge in [-0.1, -0.05) is 23.2 Å². The van der Waals surface area contributed by atoms with Crippen LogP contribution in [0.5, 0.6) is 0 Å². The van der Waals surface area contributed by atoms with Crippen LogP contribution in [-0.4, -0.2) is 16.7 Å². The molecule has 1 aliphatic rings. The number of rotatable bonds is 3. The van der Waals surface area contributed by atoms with Gasteiger partial charge in [0.05, 0.1) is 0 Å². The van der Waals surface area contributed by atoms with Crippen LogP contribution in [0, 0.1) is 11.8 Å². The van der Waals surface area contributed by atoms with Crippen molar-refractivity contribution in [3.8, 4) is 0 Å². The molecule has 1 saturated carbocycles. The Morgan fingerprint density at radius 3 is 2.16 bits per heavy atom. The summed E-state index contributed by atoms with van der Waals surface area (Å²) in [7, 11) is 0. The molecule has 0 spiro atoms. The van der Waals surface area contributed by atoms with Crippen molar-refractivity contribution in [3.63, 3.8) is 0 Å². The fourth-order valence-corrected chi connectivity index (χ4v) is 3.06. The average Bonchev–Trinajstić information content (AvgIpc) is 2.37. The van der Waals surface area contributed by atoms with Crippen molar-refractivity contribution >= 4 is 23.2 Å². The number of nitrogens with zero attached hydrogens (tertiary/aromatic N) is 1. The Morgan fingerprint density at radius 1 is 1.16 bits per heavy atom. The lowest BCUT2D eigenvalue weighted by molar-refractivity contribution is -0.0839. The molecule has 0 atom stereocenters. The van der Waals surface area contributed by atoms with Gasteiger partial charge in [0.2, 0.25) is 0 Å². The Labute approximate surface area is 120 Å². The largest absolute Gasteiger partial charge is 0.396 e. The molecule has 1 aromatic rings. The fourth-order valence-electron chi connectivity index (χ4n) is 2.60. The minimum Gasteiger partial charge on any atom is -0.396 e. The van der Waals surface area contributed by atoms with Crippen LogP contribution in [0.1, 0.15) is 31.2 Å². The fraction of sp³-hybridized carbons (Fsp3) is 0.615. The first kappa shape index (κ1) is 14.9. The highest BCUT2D eigenvalue weighted by Gasteiger charge is 2.43. The monoisotopic (exact) mass is 309 g/mol. The molecule has 106 valence electrons. The summed E-state index contributed by atoms with van der Waals surface area (Å²) in [5, 5.41) is 9.00. The van der Waals surface area contributed by atoms with Crippen molar-refractivity contribution in [2.24, 2.45) is 11.8 Å². The van der Waals surface area contributed by atoms with Gasteiger partial charge in [-0.05, 0) is 43.7 Å². The third-order valence-corrected chi connectivity index (χ3v) is 4.15. The lowest BCUT2D eigenvalue weighted by Crippen LogP contribution is -2.30. The number of aliphatic hydroxyl groups excluding tert-OH is 1. The number of aromatic nitrogens is 1. The zero-order chi connectivity index (χ0) is 14.0. The third-order valence-electron chi connectivity index (χ3n) is 3.77. The molecular weight excluding hydrogens is 295 g/mol. The van der Waals surface area contributed by atoms with Gasteiger partial charge in [-0.15, -0.1) is 0 Å². The summed E-state index contributed by atoms with van der Waals surface area (Å²) in [4.78, 5) is 3.68. The maximum Gasteiger partial charge on any atom is 0.276 e. The number of aliphatic hydroxyl groups is 1. The van der Waals surface area contributed by atoms with E-state index in [1.165, 1.54) is 12.1 Å². The van der Waals surface area contributed by atoms with Crippen molar-refractivity contribution in [1.29, 1.82) is 0 Å². The van der Waals surface area contributed by atoms with E-state index < -0.39 is 11.8 Å². The standard InChI is InChI=1S/C13H15Cl2F2NO/c14-11-5-10(6-12(15)18-11)13(16,17)9-3-1-8(7-19)2-4-9/h5-6,8-9,19H,1-4,7H2. The van der Waals surface area contributed by atoms with Gasteiger partial charge in [-0.3, -0.25) is 0 Å². The SMILES string of the molecule is OCC1CCC(C(F)(F)c2cc(Cl)nc(Cl)c2)CC1. The van der Waals surface area contributed by atoms with Crippen molar-refractivity contribution in [1.82, 2.24) is 4.98 Å². The van der Waals surface area contributed by atoms with E-state index in [4.69, 9.17) is 28.3 Å². The van der Waals surface area contributed by atoms with E-state index in [0.29, 0.717) is 25.7 Å². The van der Waals surface area contributed by atoms with Crippen LogP contribution in [0.15, 0.2) is 12.1 Å². The van der Waals surface area contributed by atoms with E-state index in [1.807, 2.05) is 0 Å². The van der Waals surface area contributed by atoms with E-state index in [1.54, 1.807) is 0 Å². The van der Waals surface area contributed by atoms with E-state index in [2.05, 4.69) is 4.98 Å². The molecule has 0 unspecified atom stereocenters. The van der Waals surface area contributed by atoms with Crippen molar-refractivity contribution in [2.75, 3.05) is 6.61 Å². The van der Waals surface area contributed by atoms with Gasteiger partial charge in [0.1, 0.15) is 10.3 Å². The third kappa shape index (κ3) is 3.36. The molecule has 1 N–H and O–H groups in total. The zero-order valence-corrected chi connectivity index (χ0v) is 11.8. The van der Waals surface area contributed by atoms with Gasteiger partial charge in [0, 0.05) is 18.1 Å². The van der Waals surface area contributed by atoms with E-state index in [0.717, 1.165) is 0 Å². The Hall–Kier alpha value is -0.450. The van der Waals surface area contributed by atoms with Crippen LogP contribution < -0.4 is 0 Å². The quantitative estimate of drug-likeness (QED) is 0.845. The minimum atomic E-state index is -2.96. The molecule has 2 nitrogen and oxygen atoms in total. The molecule has 6 heteroatoms. The summed E-state index contributed by atoms with van der Waals surface area (Å²) in [5.74, 6) is -3.54. The molecule has 1 fully saturated rings. The van der Waals surface area contributed by atoms with Crippen LogP contribution in [-0.2, 0) is 5.92 Å². The van der Waals surface area contributed by atoms with Crippen molar-refractivity contribution in [2.45, 2.75) is 31.6 Å². The number of pyridine rings is 1. The molecule has 2 rings (SSSR count). The van der Waals surface area contributed by atoms with E-state index >= 15 is 0 Å². The summed E-state index contributed by atoms with van der Waals surface area (Å²) >= 11 is 11.4. The van der Waals surface area contributed by atoms with Crippen molar-refractivity contribution < 1.29 is 13.9 Å². The average molecular weight is 310 g/mol. The smallest absolute Gasteiger partial charge is 0.276 e. The number of hydrogen-bond acceptors (Lipinski definition) is 2. The van der Waals surface area contributed by atoms with Crippen LogP contribution in [0.4, 0.5) is 8.78 Å². The first-order valence-electron chi connectivity index (χ1n) is 6.25. The highest BCUT2D eigenvalue weighted by Crippen LogP contribution is 2.45. The van der Waals surface area contributed by atoms with Crippen LogP contribution in [0.2, 0.25) is 10.3 Å². The Morgan fingerprint density at radius 2 is 1.68 bits per heavy atom. The predicted octanol–water partition coefficient (Wildman–Crippen LogP) is 4.28. The van der Waals surface area contributed by atoms with Gasteiger partial charge in [0.15, 0.2) is 0 Å². The molecule has 0 saturated heterocycles. The first-order chi connectivity index (χ1) is 8.93. The Balaban J connectivity index is 2.17. The molecular formula is C13H15Cl2F2NO.